The second-order valence-corrected chi connectivity index (χ2v) is 6.33. The second kappa shape index (κ2) is 7.43. The summed E-state index contributed by atoms with van der Waals surface area (Å²) in [6.07, 6.45) is 9.86. The predicted molar refractivity (Wildman–Crippen MR) is 85.7 cm³/mol. The van der Waals surface area contributed by atoms with Gasteiger partial charge >= 0.3 is 0 Å². The molecule has 1 N–H and O–H groups in total. The van der Waals surface area contributed by atoms with Crippen LogP contribution in [0.1, 0.15) is 43.4 Å². The van der Waals surface area contributed by atoms with E-state index < -0.39 is 0 Å². The smallest absolute Gasteiger partial charge is 0.0594 e. The Bertz CT molecular complexity index is 437. The normalized spacial score (nSPS) is 23.2. The Balaban J connectivity index is 1.58. The van der Waals surface area contributed by atoms with Crippen molar-refractivity contribution in [3.05, 3.63) is 23.5 Å². The van der Waals surface area contributed by atoms with Gasteiger partial charge in [0.2, 0.25) is 0 Å². The molecule has 0 radical (unpaired) electrons. The minimum Gasteiger partial charge on any atom is -0.379 e. The lowest BCUT2D eigenvalue weighted by Crippen LogP contribution is -2.38. The van der Waals surface area contributed by atoms with E-state index in [-0.39, 0.29) is 0 Å². The molecule has 1 unspecified atom stereocenters. The predicted octanol–water partition coefficient (Wildman–Crippen LogP) is 2.20. The van der Waals surface area contributed by atoms with E-state index in [0.29, 0.717) is 6.04 Å². The Labute approximate surface area is 128 Å². The fourth-order valence-electron chi connectivity index (χ4n) is 3.49. The summed E-state index contributed by atoms with van der Waals surface area (Å²) in [5.74, 6) is 0. The van der Waals surface area contributed by atoms with Crippen molar-refractivity contribution in [2.45, 2.75) is 45.2 Å². The zero-order valence-corrected chi connectivity index (χ0v) is 13.3. The second-order valence-electron chi connectivity index (χ2n) is 6.33. The summed E-state index contributed by atoms with van der Waals surface area (Å²) in [7, 11) is 0. The van der Waals surface area contributed by atoms with E-state index in [1.165, 1.54) is 25.7 Å². The Kier molecular flexibility index (Phi) is 5.33. The number of fused-ring (bicyclic) bond motifs is 1. The highest BCUT2D eigenvalue weighted by atomic mass is 16.5. The number of rotatable bonds is 6. The monoisotopic (exact) mass is 291 g/mol. The van der Waals surface area contributed by atoms with Crippen molar-refractivity contribution in [2.24, 2.45) is 0 Å². The van der Waals surface area contributed by atoms with Crippen LogP contribution in [0.4, 0.5) is 0 Å². The van der Waals surface area contributed by atoms with Gasteiger partial charge in [-0.15, -0.1) is 0 Å². The van der Waals surface area contributed by atoms with Crippen LogP contribution in [-0.2, 0) is 17.7 Å². The first-order valence-corrected chi connectivity index (χ1v) is 8.59. The van der Waals surface area contributed by atoms with Crippen LogP contribution in [0.25, 0.3) is 0 Å². The highest BCUT2D eigenvalue weighted by Crippen LogP contribution is 2.30. The molecule has 4 nitrogen and oxygen atoms in total. The number of aryl methyl sites for hydroxylation is 1. The molecule has 0 spiro atoms. The summed E-state index contributed by atoms with van der Waals surface area (Å²) in [5, 5.41) is 3.71. The van der Waals surface area contributed by atoms with Gasteiger partial charge in [0.15, 0.2) is 0 Å². The number of ether oxygens (including phenoxy) is 1. The molecule has 1 aromatic rings. The van der Waals surface area contributed by atoms with Crippen molar-refractivity contribution in [3.63, 3.8) is 0 Å². The molecule has 1 aromatic heterocycles. The third-order valence-corrected chi connectivity index (χ3v) is 4.73. The van der Waals surface area contributed by atoms with E-state index in [4.69, 9.17) is 4.74 Å². The number of aromatic nitrogens is 1. The van der Waals surface area contributed by atoms with Crippen LogP contribution in [0.5, 0.6) is 0 Å². The molecule has 2 aliphatic rings. The van der Waals surface area contributed by atoms with E-state index in [2.05, 4.69) is 34.1 Å². The van der Waals surface area contributed by atoms with Gasteiger partial charge in [-0.2, -0.15) is 0 Å². The van der Waals surface area contributed by atoms with Gasteiger partial charge in [-0.1, -0.05) is 6.92 Å². The molecule has 1 aliphatic heterocycles. The van der Waals surface area contributed by atoms with Crippen LogP contribution in [0.15, 0.2) is 12.4 Å². The SMILES string of the molecule is CCCNC1CCCc2cn(CCN3CCOCC3)cc21. The lowest BCUT2D eigenvalue weighted by Gasteiger charge is -2.26. The molecule has 1 atom stereocenters. The van der Waals surface area contributed by atoms with E-state index in [1.54, 1.807) is 11.1 Å². The van der Waals surface area contributed by atoms with Crippen molar-refractivity contribution in [1.82, 2.24) is 14.8 Å². The molecular formula is C17H29N3O. The molecular weight excluding hydrogens is 262 g/mol. The van der Waals surface area contributed by atoms with Gasteiger partial charge in [-0.05, 0) is 43.4 Å². The maximum Gasteiger partial charge on any atom is 0.0594 e. The van der Waals surface area contributed by atoms with Gasteiger partial charge in [-0.3, -0.25) is 4.90 Å². The van der Waals surface area contributed by atoms with Gasteiger partial charge < -0.3 is 14.6 Å². The van der Waals surface area contributed by atoms with Crippen molar-refractivity contribution in [3.8, 4) is 0 Å². The average molecular weight is 291 g/mol. The summed E-state index contributed by atoms with van der Waals surface area (Å²) < 4.78 is 7.82. The molecule has 0 saturated carbocycles. The number of hydrogen-bond donors (Lipinski definition) is 1. The number of morpholine rings is 1. The van der Waals surface area contributed by atoms with Crippen LogP contribution in [0, 0.1) is 0 Å². The summed E-state index contributed by atoms with van der Waals surface area (Å²) in [6, 6.07) is 0.582. The zero-order valence-electron chi connectivity index (χ0n) is 13.3. The van der Waals surface area contributed by atoms with E-state index in [1.807, 2.05) is 0 Å². The summed E-state index contributed by atoms with van der Waals surface area (Å²) >= 11 is 0. The van der Waals surface area contributed by atoms with Crippen LogP contribution < -0.4 is 5.32 Å². The highest BCUT2D eigenvalue weighted by molar-refractivity contribution is 5.30. The summed E-state index contributed by atoms with van der Waals surface area (Å²) in [5.41, 5.74) is 3.12. The number of hydrogen-bond acceptors (Lipinski definition) is 3. The van der Waals surface area contributed by atoms with Gasteiger partial charge in [0, 0.05) is 44.6 Å². The van der Waals surface area contributed by atoms with Crippen molar-refractivity contribution >= 4 is 0 Å². The fraction of sp³-hybridized carbons (Fsp3) is 0.765. The van der Waals surface area contributed by atoms with E-state index in [0.717, 1.165) is 45.9 Å². The Morgan fingerprint density at radius 1 is 1.24 bits per heavy atom. The fourth-order valence-corrected chi connectivity index (χ4v) is 3.49. The largest absolute Gasteiger partial charge is 0.379 e. The quantitative estimate of drug-likeness (QED) is 0.871. The van der Waals surface area contributed by atoms with Gasteiger partial charge in [0.05, 0.1) is 13.2 Å². The standard InChI is InChI=1S/C17H29N3O/c1-2-6-18-17-5-3-4-15-13-20(14-16(15)17)8-7-19-9-11-21-12-10-19/h13-14,17-18H,2-12H2,1H3. The molecule has 0 bridgehead atoms. The lowest BCUT2D eigenvalue weighted by atomic mass is 9.91. The third kappa shape index (κ3) is 3.87. The maximum atomic E-state index is 5.41. The first-order chi connectivity index (χ1) is 10.4. The topological polar surface area (TPSA) is 29.4 Å². The zero-order chi connectivity index (χ0) is 14.5. The van der Waals surface area contributed by atoms with Gasteiger partial charge in [0.1, 0.15) is 0 Å². The lowest BCUT2D eigenvalue weighted by molar-refractivity contribution is 0.0364. The molecule has 0 aromatic carbocycles. The Morgan fingerprint density at radius 2 is 2.10 bits per heavy atom. The van der Waals surface area contributed by atoms with Crippen molar-refractivity contribution in [1.29, 1.82) is 0 Å². The maximum absolute atomic E-state index is 5.41. The molecule has 0 amide bonds. The molecule has 21 heavy (non-hydrogen) atoms. The van der Waals surface area contributed by atoms with E-state index in [9.17, 15) is 0 Å². The Hall–Kier alpha value is -0.840. The third-order valence-electron chi connectivity index (χ3n) is 4.73. The van der Waals surface area contributed by atoms with Crippen LogP contribution >= 0.6 is 0 Å². The minimum absolute atomic E-state index is 0.582. The minimum atomic E-state index is 0.582. The Morgan fingerprint density at radius 3 is 2.90 bits per heavy atom. The van der Waals surface area contributed by atoms with E-state index >= 15 is 0 Å². The highest BCUT2D eigenvalue weighted by Gasteiger charge is 2.21. The van der Waals surface area contributed by atoms with Crippen LogP contribution in [0.3, 0.4) is 0 Å². The number of nitrogens with zero attached hydrogens (tertiary/aromatic N) is 2. The number of nitrogens with one attached hydrogen (secondary N) is 1. The van der Waals surface area contributed by atoms with Crippen molar-refractivity contribution < 1.29 is 4.74 Å². The van der Waals surface area contributed by atoms with Crippen molar-refractivity contribution in [2.75, 3.05) is 39.4 Å². The molecule has 1 aliphatic carbocycles. The van der Waals surface area contributed by atoms with Crippen LogP contribution in [0.2, 0.25) is 0 Å². The first-order valence-electron chi connectivity index (χ1n) is 8.59. The van der Waals surface area contributed by atoms with Gasteiger partial charge in [0.25, 0.3) is 0 Å². The molecule has 4 heteroatoms. The van der Waals surface area contributed by atoms with Crippen LogP contribution in [-0.4, -0.2) is 48.9 Å². The molecule has 118 valence electrons. The summed E-state index contributed by atoms with van der Waals surface area (Å²) in [4.78, 5) is 2.51. The first kappa shape index (κ1) is 15.1. The molecule has 3 rings (SSSR count). The average Bonchev–Trinajstić information content (AvgIpc) is 2.95. The molecule has 2 heterocycles. The molecule has 1 saturated heterocycles. The van der Waals surface area contributed by atoms with Gasteiger partial charge in [-0.25, -0.2) is 0 Å². The summed E-state index contributed by atoms with van der Waals surface area (Å²) in [6.45, 7) is 9.57. The molecule has 1 fully saturated rings.